The normalized spacial score (nSPS) is 12.3. The summed E-state index contributed by atoms with van der Waals surface area (Å²) in [5.74, 6) is 0.457. The summed E-state index contributed by atoms with van der Waals surface area (Å²) >= 11 is 0. The van der Waals surface area contributed by atoms with Crippen molar-refractivity contribution in [3.8, 4) is 0 Å². The van der Waals surface area contributed by atoms with Crippen LogP contribution in [0.4, 0.5) is 0 Å². The van der Waals surface area contributed by atoms with Crippen LogP contribution in [0.15, 0.2) is 24.3 Å². The van der Waals surface area contributed by atoms with E-state index in [-0.39, 0.29) is 5.75 Å². The minimum Gasteiger partial charge on any atom is -0.326 e. The third-order valence-corrected chi connectivity index (χ3v) is 5.91. The van der Waals surface area contributed by atoms with Gasteiger partial charge in [0.2, 0.25) is 10.0 Å². The number of benzene rings is 1. The van der Waals surface area contributed by atoms with Crippen molar-refractivity contribution < 1.29 is 8.42 Å². The highest BCUT2D eigenvalue weighted by Crippen LogP contribution is 2.18. The Balaban J connectivity index is 2.92. The molecule has 1 aromatic carbocycles. The predicted molar refractivity (Wildman–Crippen MR) is 88.3 cm³/mol. The van der Waals surface area contributed by atoms with Crippen LogP contribution < -0.4 is 5.73 Å². The Kier molecular flexibility index (Phi) is 7.35. The average molecular weight is 312 g/mol. The van der Waals surface area contributed by atoms with Gasteiger partial charge >= 0.3 is 0 Å². The molecule has 0 aromatic heterocycles. The summed E-state index contributed by atoms with van der Waals surface area (Å²) in [6.45, 7) is 7.61. The fourth-order valence-corrected chi connectivity index (χ4v) is 4.15. The first-order valence-electron chi connectivity index (χ1n) is 7.73. The summed E-state index contributed by atoms with van der Waals surface area (Å²) in [5.41, 5.74) is 7.40. The lowest BCUT2D eigenvalue weighted by Gasteiger charge is -2.25. The van der Waals surface area contributed by atoms with E-state index in [0.29, 0.717) is 25.6 Å². The number of nitrogens with zero attached hydrogens (tertiary/aromatic N) is 1. The summed E-state index contributed by atoms with van der Waals surface area (Å²) < 4.78 is 26.9. The van der Waals surface area contributed by atoms with Gasteiger partial charge in [0.05, 0.1) is 5.75 Å². The van der Waals surface area contributed by atoms with Crippen molar-refractivity contribution in [1.29, 1.82) is 0 Å². The minimum absolute atomic E-state index is 0.0361. The lowest BCUT2D eigenvalue weighted by molar-refractivity contribution is 0.339. The molecular formula is C16H28N2O2S. The smallest absolute Gasteiger partial charge is 0.218 e. The van der Waals surface area contributed by atoms with E-state index in [1.165, 1.54) is 0 Å². The van der Waals surface area contributed by atoms with Crippen LogP contribution in [0.5, 0.6) is 0 Å². The van der Waals surface area contributed by atoms with Gasteiger partial charge in [-0.1, -0.05) is 57.9 Å². The number of hydrogen-bond acceptors (Lipinski definition) is 3. The van der Waals surface area contributed by atoms with E-state index in [1.54, 1.807) is 4.31 Å². The van der Waals surface area contributed by atoms with Crippen LogP contribution in [0.2, 0.25) is 0 Å². The molecule has 0 saturated heterocycles. The van der Waals surface area contributed by atoms with Crippen molar-refractivity contribution in [3.63, 3.8) is 0 Å². The van der Waals surface area contributed by atoms with Gasteiger partial charge in [-0.2, -0.15) is 0 Å². The molecule has 0 amide bonds. The topological polar surface area (TPSA) is 63.4 Å². The molecule has 0 radical (unpaired) electrons. The molecule has 1 rings (SSSR count). The molecule has 120 valence electrons. The molecule has 1 aromatic rings. The Labute approximate surface area is 129 Å². The van der Waals surface area contributed by atoms with Gasteiger partial charge in [0.15, 0.2) is 0 Å². The van der Waals surface area contributed by atoms with Crippen molar-refractivity contribution in [1.82, 2.24) is 4.31 Å². The summed E-state index contributed by atoms with van der Waals surface area (Å²) in [4.78, 5) is 0. The molecule has 21 heavy (non-hydrogen) atoms. The quantitative estimate of drug-likeness (QED) is 0.762. The first-order valence-corrected chi connectivity index (χ1v) is 9.33. The fraction of sp³-hybridized carbons (Fsp3) is 0.625. The first kappa shape index (κ1) is 18.1. The van der Waals surface area contributed by atoms with E-state index < -0.39 is 10.0 Å². The van der Waals surface area contributed by atoms with Crippen molar-refractivity contribution in [3.05, 3.63) is 35.4 Å². The Hall–Kier alpha value is -0.910. The second kappa shape index (κ2) is 8.51. The molecule has 4 nitrogen and oxygen atoms in total. The van der Waals surface area contributed by atoms with Crippen molar-refractivity contribution in [2.24, 2.45) is 11.7 Å². The second-order valence-electron chi connectivity index (χ2n) is 5.36. The highest BCUT2D eigenvalue weighted by Gasteiger charge is 2.24. The summed E-state index contributed by atoms with van der Waals surface area (Å²) in [6.07, 6.45) is 2.00. The average Bonchev–Trinajstić information content (AvgIpc) is 2.48. The third kappa shape index (κ3) is 5.09. The SMILES string of the molecule is CCC(CC)CN(CC)S(=O)(=O)Cc1ccccc1CN. The Morgan fingerprint density at radius 1 is 1.10 bits per heavy atom. The zero-order chi connectivity index (χ0) is 15.9. The summed E-state index contributed by atoms with van der Waals surface area (Å²) in [7, 11) is -3.30. The maximum atomic E-state index is 12.7. The Morgan fingerprint density at radius 2 is 1.67 bits per heavy atom. The molecule has 0 atom stereocenters. The van der Waals surface area contributed by atoms with Gasteiger partial charge in [-0.25, -0.2) is 12.7 Å². The molecule has 0 heterocycles. The summed E-state index contributed by atoms with van der Waals surface area (Å²) in [6, 6.07) is 7.49. The van der Waals surface area contributed by atoms with Crippen LogP contribution in [0, 0.1) is 5.92 Å². The van der Waals surface area contributed by atoms with Crippen LogP contribution in [-0.2, 0) is 22.3 Å². The summed E-state index contributed by atoms with van der Waals surface area (Å²) in [5, 5.41) is 0. The van der Waals surface area contributed by atoms with Gasteiger partial charge in [0, 0.05) is 19.6 Å². The molecular weight excluding hydrogens is 284 g/mol. The minimum atomic E-state index is -3.30. The van der Waals surface area contributed by atoms with Gasteiger partial charge in [0.1, 0.15) is 0 Å². The molecule has 0 spiro atoms. The van der Waals surface area contributed by atoms with Gasteiger partial charge < -0.3 is 5.73 Å². The van der Waals surface area contributed by atoms with Gasteiger partial charge in [-0.3, -0.25) is 0 Å². The maximum Gasteiger partial charge on any atom is 0.218 e. The molecule has 5 heteroatoms. The zero-order valence-corrected chi connectivity index (χ0v) is 14.2. The van der Waals surface area contributed by atoms with Crippen molar-refractivity contribution in [2.45, 2.75) is 45.9 Å². The molecule has 0 aliphatic rings. The highest BCUT2D eigenvalue weighted by molar-refractivity contribution is 7.88. The molecule has 2 N–H and O–H groups in total. The molecule has 0 bridgehead atoms. The largest absolute Gasteiger partial charge is 0.326 e. The van der Waals surface area contributed by atoms with Gasteiger partial charge in [-0.15, -0.1) is 0 Å². The lowest BCUT2D eigenvalue weighted by atomic mass is 10.0. The zero-order valence-electron chi connectivity index (χ0n) is 13.4. The van der Waals surface area contributed by atoms with Crippen LogP contribution in [0.3, 0.4) is 0 Å². The maximum absolute atomic E-state index is 12.7. The predicted octanol–water partition coefficient (Wildman–Crippen LogP) is 2.73. The van der Waals surface area contributed by atoms with E-state index in [9.17, 15) is 8.42 Å². The lowest BCUT2D eigenvalue weighted by Crippen LogP contribution is -2.36. The van der Waals surface area contributed by atoms with E-state index in [0.717, 1.165) is 24.0 Å². The molecule has 0 unspecified atom stereocenters. The van der Waals surface area contributed by atoms with Crippen LogP contribution >= 0.6 is 0 Å². The molecule has 0 saturated carbocycles. The van der Waals surface area contributed by atoms with E-state index in [4.69, 9.17) is 5.73 Å². The first-order chi connectivity index (χ1) is 9.98. The monoisotopic (exact) mass is 312 g/mol. The van der Waals surface area contributed by atoms with Crippen molar-refractivity contribution >= 4 is 10.0 Å². The van der Waals surface area contributed by atoms with E-state index >= 15 is 0 Å². The number of nitrogens with two attached hydrogens (primary N) is 1. The van der Waals surface area contributed by atoms with Crippen LogP contribution in [-0.4, -0.2) is 25.8 Å². The highest BCUT2D eigenvalue weighted by atomic mass is 32.2. The standard InChI is InChI=1S/C16H28N2O2S/c1-4-14(5-2)12-18(6-3)21(19,20)13-16-10-8-7-9-15(16)11-17/h7-10,14H,4-6,11-13,17H2,1-3H3. The number of sulfonamides is 1. The van der Waals surface area contributed by atoms with Gasteiger partial charge in [0.25, 0.3) is 0 Å². The molecule has 0 aliphatic heterocycles. The van der Waals surface area contributed by atoms with Crippen molar-refractivity contribution in [2.75, 3.05) is 13.1 Å². The fourth-order valence-electron chi connectivity index (χ4n) is 2.46. The van der Waals surface area contributed by atoms with Crippen LogP contribution in [0.25, 0.3) is 0 Å². The van der Waals surface area contributed by atoms with Gasteiger partial charge in [-0.05, 0) is 17.0 Å². The van der Waals surface area contributed by atoms with E-state index in [1.807, 2.05) is 31.2 Å². The second-order valence-corrected chi connectivity index (χ2v) is 7.33. The third-order valence-electron chi connectivity index (χ3n) is 4.04. The molecule has 0 fully saturated rings. The van der Waals surface area contributed by atoms with Crippen LogP contribution in [0.1, 0.15) is 44.7 Å². The van der Waals surface area contributed by atoms with E-state index in [2.05, 4.69) is 13.8 Å². The number of rotatable bonds is 9. The molecule has 0 aliphatic carbocycles. The Bertz CT molecular complexity index is 525. The Morgan fingerprint density at radius 3 is 2.14 bits per heavy atom. The number of hydrogen-bond donors (Lipinski definition) is 1.